The Hall–Kier alpha value is -1.24. The van der Waals surface area contributed by atoms with Crippen molar-refractivity contribution in [2.24, 2.45) is 0 Å². The summed E-state index contributed by atoms with van der Waals surface area (Å²) >= 11 is 12.2. The first-order chi connectivity index (χ1) is 11.2. The van der Waals surface area contributed by atoms with E-state index in [1.807, 2.05) is 11.5 Å². The van der Waals surface area contributed by atoms with Gasteiger partial charge in [-0.25, -0.2) is 4.98 Å². The van der Waals surface area contributed by atoms with Crippen molar-refractivity contribution < 1.29 is 13.2 Å². The van der Waals surface area contributed by atoms with E-state index in [9.17, 15) is 13.2 Å². The van der Waals surface area contributed by atoms with E-state index in [-0.39, 0.29) is 6.54 Å². The molecule has 1 aromatic heterocycles. The van der Waals surface area contributed by atoms with Crippen LogP contribution in [0.3, 0.4) is 0 Å². The molecule has 0 saturated heterocycles. The van der Waals surface area contributed by atoms with E-state index >= 15 is 0 Å². The van der Waals surface area contributed by atoms with Crippen LogP contribution >= 0.6 is 23.2 Å². The molecule has 0 spiro atoms. The van der Waals surface area contributed by atoms with E-state index < -0.39 is 12.7 Å². The Kier molecular flexibility index (Phi) is 4.82. The lowest BCUT2D eigenvalue weighted by Gasteiger charge is -2.28. The van der Waals surface area contributed by atoms with Crippen LogP contribution in [0, 0.1) is 6.92 Å². The minimum atomic E-state index is -4.20. The van der Waals surface area contributed by atoms with Crippen molar-refractivity contribution in [3.63, 3.8) is 0 Å². The highest BCUT2D eigenvalue weighted by atomic mass is 35.5. The first-order valence-corrected chi connectivity index (χ1v) is 8.26. The van der Waals surface area contributed by atoms with Crippen LogP contribution < -0.4 is 0 Å². The highest BCUT2D eigenvalue weighted by molar-refractivity contribution is 6.33. The van der Waals surface area contributed by atoms with E-state index in [0.717, 1.165) is 22.8 Å². The molecule has 1 aliphatic heterocycles. The summed E-state index contributed by atoms with van der Waals surface area (Å²) in [5, 5.41) is 1.14. The van der Waals surface area contributed by atoms with Gasteiger partial charge in [0.1, 0.15) is 5.82 Å². The first kappa shape index (κ1) is 17.6. The topological polar surface area (TPSA) is 21.1 Å². The van der Waals surface area contributed by atoms with Gasteiger partial charge in [-0.2, -0.15) is 13.2 Å². The van der Waals surface area contributed by atoms with E-state index in [1.165, 1.54) is 4.90 Å². The Morgan fingerprint density at radius 2 is 2.00 bits per heavy atom. The zero-order chi connectivity index (χ0) is 17.5. The summed E-state index contributed by atoms with van der Waals surface area (Å²) in [6.45, 7) is 1.97. The normalized spacial score (nSPS) is 15.6. The molecule has 0 fully saturated rings. The molecule has 0 bridgehead atoms. The Bertz CT molecular complexity index is 756. The molecule has 0 unspecified atom stereocenters. The molecule has 8 heteroatoms. The molecule has 0 atom stereocenters. The number of imidazole rings is 1. The second kappa shape index (κ2) is 6.58. The smallest absolute Gasteiger partial charge is 0.326 e. The fourth-order valence-electron chi connectivity index (χ4n) is 3.04. The van der Waals surface area contributed by atoms with Crippen LogP contribution in [0.5, 0.6) is 0 Å². The quantitative estimate of drug-likeness (QED) is 0.786. The van der Waals surface area contributed by atoms with Crippen molar-refractivity contribution >= 4 is 23.2 Å². The third kappa shape index (κ3) is 3.87. The Morgan fingerprint density at radius 3 is 2.71 bits per heavy atom. The Morgan fingerprint density at radius 1 is 1.25 bits per heavy atom. The number of alkyl halides is 3. The van der Waals surface area contributed by atoms with Gasteiger partial charge in [0.2, 0.25) is 0 Å². The third-order valence-electron chi connectivity index (χ3n) is 4.12. The van der Waals surface area contributed by atoms with Gasteiger partial charge in [0.05, 0.1) is 24.5 Å². The van der Waals surface area contributed by atoms with E-state index in [1.54, 1.807) is 18.2 Å². The van der Waals surface area contributed by atoms with Crippen LogP contribution in [0.2, 0.25) is 10.0 Å². The summed E-state index contributed by atoms with van der Waals surface area (Å²) in [5.74, 6) is 0.768. The van der Waals surface area contributed by atoms with Gasteiger partial charge in [0, 0.05) is 29.6 Å². The Labute approximate surface area is 148 Å². The number of aryl methyl sites for hydroxylation is 1. The molecule has 0 saturated carbocycles. The lowest BCUT2D eigenvalue weighted by molar-refractivity contribution is -0.147. The van der Waals surface area contributed by atoms with Crippen LogP contribution in [0.15, 0.2) is 18.2 Å². The largest absolute Gasteiger partial charge is 0.401 e. The van der Waals surface area contributed by atoms with E-state index in [0.29, 0.717) is 29.6 Å². The van der Waals surface area contributed by atoms with Crippen LogP contribution in [0.1, 0.15) is 22.8 Å². The fourth-order valence-corrected chi connectivity index (χ4v) is 3.41. The number of rotatable bonds is 3. The highest BCUT2D eigenvalue weighted by Gasteiger charge is 2.33. The number of fused-ring (bicyclic) bond motifs is 1. The molecule has 0 radical (unpaired) electrons. The van der Waals surface area contributed by atoms with Gasteiger partial charge in [-0.1, -0.05) is 23.2 Å². The molecule has 2 heterocycles. The summed E-state index contributed by atoms with van der Waals surface area (Å²) < 4.78 is 39.9. The standard InChI is InChI=1S/C16H16Cl2F3N3/c1-10-22-14-4-5-23(9-16(19,20)21)8-15(14)24(10)7-11-6-12(17)2-3-13(11)18/h2-3,6H,4-5,7-9H2,1H3. The lowest BCUT2D eigenvalue weighted by Crippen LogP contribution is -2.38. The van der Waals surface area contributed by atoms with Gasteiger partial charge in [-0.3, -0.25) is 4.90 Å². The summed E-state index contributed by atoms with van der Waals surface area (Å²) in [6, 6.07) is 5.19. The second-order valence-electron chi connectivity index (χ2n) is 5.95. The molecule has 3 nitrogen and oxygen atoms in total. The van der Waals surface area contributed by atoms with Gasteiger partial charge >= 0.3 is 6.18 Å². The average molecular weight is 378 g/mol. The van der Waals surface area contributed by atoms with Gasteiger partial charge in [0.25, 0.3) is 0 Å². The first-order valence-electron chi connectivity index (χ1n) is 7.51. The number of halogens is 5. The van der Waals surface area contributed by atoms with Crippen LogP contribution in [-0.2, 0) is 19.5 Å². The summed E-state index contributed by atoms with van der Waals surface area (Å²) in [6.07, 6.45) is -3.68. The summed E-state index contributed by atoms with van der Waals surface area (Å²) in [5.41, 5.74) is 2.50. The lowest BCUT2D eigenvalue weighted by atomic mass is 10.1. The van der Waals surface area contributed by atoms with Gasteiger partial charge in [0.15, 0.2) is 0 Å². The molecule has 3 rings (SSSR count). The molecule has 1 aromatic carbocycles. The van der Waals surface area contributed by atoms with E-state index in [4.69, 9.17) is 23.2 Å². The number of benzene rings is 1. The molecule has 130 valence electrons. The van der Waals surface area contributed by atoms with Crippen molar-refractivity contribution in [1.29, 1.82) is 0 Å². The predicted molar refractivity (Wildman–Crippen MR) is 87.6 cm³/mol. The molecular weight excluding hydrogens is 362 g/mol. The molecule has 24 heavy (non-hydrogen) atoms. The summed E-state index contributed by atoms with van der Waals surface area (Å²) in [4.78, 5) is 5.91. The monoisotopic (exact) mass is 377 g/mol. The maximum atomic E-state index is 12.7. The molecule has 0 amide bonds. The van der Waals surface area contributed by atoms with Crippen LogP contribution in [0.4, 0.5) is 13.2 Å². The van der Waals surface area contributed by atoms with Crippen molar-refractivity contribution in [1.82, 2.24) is 14.5 Å². The van der Waals surface area contributed by atoms with Gasteiger partial charge < -0.3 is 4.57 Å². The SMILES string of the molecule is Cc1nc2c(n1Cc1cc(Cl)ccc1Cl)CN(CC(F)(F)F)CC2. The highest BCUT2D eigenvalue weighted by Crippen LogP contribution is 2.27. The predicted octanol–water partition coefficient (Wildman–Crippen LogP) is 4.47. The maximum absolute atomic E-state index is 12.7. The van der Waals surface area contributed by atoms with Crippen molar-refractivity contribution in [2.75, 3.05) is 13.1 Å². The van der Waals surface area contributed by atoms with Gasteiger partial charge in [-0.15, -0.1) is 0 Å². The molecule has 0 N–H and O–H groups in total. The summed E-state index contributed by atoms with van der Waals surface area (Å²) in [7, 11) is 0. The fraction of sp³-hybridized carbons (Fsp3) is 0.438. The number of nitrogens with zero attached hydrogens (tertiary/aromatic N) is 3. The zero-order valence-electron chi connectivity index (χ0n) is 13.0. The van der Waals surface area contributed by atoms with Crippen LogP contribution in [-0.4, -0.2) is 33.7 Å². The molecule has 0 aliphatic carbocycles. The van der Waals surface area contributed by atoms with Gasteiger partial charge in [-0.05, 0) is 30.7 Å². The minimum absolute atomic E-state index is 0.230. The van der Waals surface area contributed by atoms with E-state index in [2.05, 4.69) is 4.98 Å². The second-order valence-corrected chi connectivity index (χ2v) is 6.79. The molecule has 2 aromatic rings. The third-order valence-corrected chi connectivity index (χ3v) is 4.73. The zero-order valence-corrected chi connectivity index (χ0v) is 14.5. The van der Waals surface area contributed by atoms with Crippen molar-refractivity contribution in [3.05, 3.63) is 51.0 Å². The van der Waals surface area contributed by atoms with Crippen LogP contribution in [0.25, 0.3) is 0 Å². The number of hydrogen-bond acceptors (Lipinski definition) is 2. The molecular formula is C16H16Cl2F3N3. The molecule has 1 aliphatic rings. The average Bonchev–Trinajstić information content (AvgIpc) is 2.77. The number of hydrogen-bond donors (Lipinski definition) is 0. The minimum Gasteiger partial charge on any atom is -0.326 e. The Balaban J connectivity index is 1.88. The van der Waals surface area contributed by atoms with Crippen molar-refractivity contribution in [3.8, 4) is 0 Å². The number of aromatic nitrogens is 2. The van der Waals surface area contributed by atoms with Crippen molar-refractivity contribution in [2.45, 2.75) is 32.6 Å². The maximum Gasteiger partial charge on any atom is 0.401 e.